The predicted molar refractivity (Wildman–Crippen MR) is 71.2 cm³/mol. The van der Waals surface area contributed by atoms with Gasteiger partial charge in [0.05, 0.1) is 0 Å². The second-order valence-electron chi connectivity index (χ2n) is 4.96. The summed E-state index contributed by atoms with van der Waals surface area (Å²) in [7, 11) is 0. The minimum Gasteiger partial charge on any atom is -0.508 e. The fraction of sp³-hybridized carbons (Fsp3) is 0.333. The van der Waals surface area contributed by atoms with Crippen molar-refractivity contribution < 1.29 is 5.11 Å². The number of rotatable bonds is 1. The largest absolute Gasteiger partial charge is 0.508 e. The number of fused-ring (bicyclic) bond motifs is 1. The molecule has 3 rings (SSSR count). The van der Waals surface area contributed by atoms with E-state index in [0.29, 0.717) is 11.7 Å². The standard InChI is InChI=1S/C15H17NO/c16-14-8-6-10-5-7-12(17)9-13(10)15(14)11-3-1-2-4-11/h5-9,11,17H,1-4,16H2. The van der Waals surface area contributed by atoms with Crippen LogP contribution in [0.5, 0.6) is 5.75 Å². The summed E-state index contributed by atoms with van der Waals surface area (Å²) in [4.78, 5) is 0. The molecule has 0 aromatic heterocycles. The van der Waals surface area contributed by atoms with Gasteiger partial charge in [-0.1, -0.05) is 25.0 Å². The van der Waals surface area contributed by atoms with Crippen LogP contribution in [-0.2, 0) is 0 Å². The van der Waals surface area contributed by atoms with Gasteiger partial charge in [0.1, 0.15) is 5.75 Å². The van der Waals surface area contributed by atoms with E-state index in [1.165, 1.54) is 36.6 Å². The van der Waals surface area contributed by atoms with Crippen molar-refractivity contribution in [2.24, 2.45) is 0 Å². The van der Waals surface area contributed by atoms with Crippen LogP contribution in [0.4, 0.5) is 5.69 Å². The molecule has 17 heavy (non-hydrogen) atoms. The number of anilines is 1. The van der Waals surface area contributed by atoms with Crippen LogP contribution in [0, 0.1) is 0 Å². The van der Waals surface area contributed by atoms with Crippen LogP contribution in [0.2, 0.25) is 0 Å². The summed E-state index contributed by atoms with van der Waals surface area (Å²) >= 11 is 0. The molecule has 0 spiro atoms. The molecule has 2 nitrogen and oxygen atoms in total. The normalized spacial score (nSPS) is 16.7. The maximum absolute atomic E-state index is 9.65. The second kappa shape index (κ2) is 3.95. The average Bonchev–Trinajstić information content (AvgIpc) is 2.82. The molecule has 0 aliphatic heterocycles. The molecule has 3 N–H and O–H groups in total. The van der Waals surface area contributed by atoms with Crippen molar-refractivity contribution in [3.63, 3.8) is 0 Å². The zero-order valence-corrected chi connectivity index (χ0v) is 9.82. The first-order valence-corrected chi connectivity index (χ1v) is 6.27. The molecule has 2 aromatic rings. The first-order valence-electron chi connectivity index (χ1n) is 6.27. The summed E-state index contributed by atoms with van der Waals surface area (Å²) in [6.45, 7) is 0. The van der Waals surface area contributed by atoms with Gasteiger partial charge in [-0.3, -0.25) is 0 Å². The van der Waals surface area contributed by atoms with Crippen LogP contribution < -0.4 is 5.73 Å². The van der Waals surface area contributed by atoms with Gasteiger partial charge in [0.25, 0.3) is 0 Å². The van der Waals surface area contributed by atoms with E-state index < -0.39 is 0 Å². The lowest BCUT2D eigenvalue weighted by atomic mass is 9.90. The Morgan fingerprint density at radius 1 is 1.06 bits per heavy atom. The third kappa shape index (κ3) is 1.74. The van der Waals surface area contributed by atoms with E-state index in [1.54, 1.807) is 6.07 Å². The Kier molecular flexibility index (Phi) is 2.43. The molecule has 2 aromatic carbocycles. The maximum atomic E-state index is 9.65. The molecule has 0 radical (unpaired) electrons. The molecule has 0 saturated heterocycles. The number of phenolic OH excluding ortho intramolecular Hbond substituents is 1. The second-order valence-corrected chi connectivity index (χ2v) is 4.96. The Hall–Kier alpha value is -1.70. The zero-order valence-electron chi connectivity index (χ0n) is 9.82. The van der Waals surface area contributed by atoms with Crippen molar-refractivity contribution in [2.75, 3.05) is 5.73 Å². The molecular formula is C15H17NO. The van der Waals surface area contributed by atoms with E-state index in [4.69, 9.17) is 5.73 Å². The summed E-state index contributed by atoms with van der Waals surface area (Å²) in [6, 6.07) is 9.56. The SMILES string of the molecule is Nc1ccc2ccc(O)cc2c1C1CCCC1. The van der Waals surface area contributed by atoms with Crippen LogP contribution in [0.25, 0.3) is 10.8 Å². The van der Waals surface area contributed by atoms with Gasteiger partial charge in [0.2, 0.25) is 0 Å². The number of phenols is 1. The molecule has 0 unspecified atom stereocenters. The monoisotopic (exact) mass is 227 g/mol. The van der Waals surface area contributed by atoms with Gasteiger partial charge in [0.15, 0.2) is 0 Å². The highest BCUT2D eigenvalue weighted by Crippen LogP contribution is 2.41. The molecule has 88 valence electrons. The first-order chi connectivity index (χ1) is 8.25. The van der Waals surface area contributed by atoms with Crippen LogP contribution in [-0.4, -0.2) is 5.11 Å². The Bertz CT molecular complexity index is 551. The van der Waals surface area contributed by atoms with E-state index in [2.05, 4.69) is 0 Å². The molecule has 1 fully saturated rings. The summed E-state index contributed by atoms with van der Waals surface area (Å²) in [5.74, 6) is 0.892. The van der Waals surface area contributed by atoms with Crippen molar-refractivity contribution in [1.29, 1.82) is 0 Å². The lowest BCUT2D eigenvalue weighted by Gasteiger charge is -2.16. The van der Waals surface area contributed by atoms with Crippen molar-refractivity contribution in [3.8, 4) is 5.75 Å². The average molecular weight is 227 g/mol. The van der Waals surface area contributed by atoms with Gasteiger partial charge in [0, 0.05) is 5.69 Å². The zero-order chi connectivity index (χ0) is 11.8. The van der Waals surface area contributed by atoms with Crippen LogP contribution in [0.15, 0.2) is 30.3 Å². The van der Waals surface area contributed by atoms with Crippen LogP contribution in [0.3, 0.4) is 0 Å². The van der Waals surface area contributed by atoms with E-state index in [1.807, 2.05) is 24.3 Å². The van der Waals surface area contributed by atoms with Gasteiger partial charge in [-0.15, -0.1) is 0 Å². The number of nitrogens with two attached hydrogens (primary N) is 1. The highest BCUT2D eigenvalue weighted by molar-refractivity contribution is 5.91. The number of benzene rings is 2. The van der Waals surface area contributed by atoms with Gasteiger partial charge < -0.3 is 10.8 Å². The molecule has 1 saturated carbocycles. The summed E-state index contributed by atoms with van der Waals surface area (Å²) in [6.07, 6.45) is 5.02. The summed E-state index contributed by atoms with van der Waals surface area (Å²) in [5, 5.41) is 11.9. The Balaban J connectivity index is 2.25. The van der Waals surface area contributed by atoms with Crippen molar-refractivity contribution in [3.05, 3.63) is 35.9 Å². The predicted octanol–water partition coefficient (Wildman–Crippen LogP) is 3.79. The van der Waals surface area contributed by atoms with Crippen LogP contribution in [0.1, 0.15) is 37.2 Å². The lowest BCUT2D eigenvalue weighted by Crippen LogP contribution is -2.00. The third-order valence-electron chi connectivity index (χ3n) is 3.84. The summed E-state index contributed by atoms with van der Waals surface area (Å²) in [5.41, 5.74) is 8.25. The van der Waals surface area contributed by atoms with Gasteiger partial charge in [-0.2, -0.15) is 0 Å². The van der Waals surface area contributed by atoms with Crippen molar-refractivity contribution >= 4 is 16.5 Å². The van der Waals surface area contributed by atoms with E-state index >= 15 is 0 Å². The molecule has 2 heteroatoms. The van der Waals surface area contributed by atoms with Gasteiger partial charge in [-0.05, 0) is 53.3 Å². The number of hydrogen-bond donors (Lipinski definition) is 2. The molecule has 1 aliphatic rings. The fourth-order valence-corrected chi connectivity index (χ4v) is 3.02. The molecule has 0 atom stereocenters. The van der Waals surface area contributed by atoms with Crippen molar-refractivity contribution in [2.45, 2.75) is 31.6 Å². The Morgan fingerprint density at radius 3 is 2.53 bits per heavy atom. The fourth-order valence-electron chi connectivity index (χ4n) is 3.02. The molecular weight excluding hydrogens is 210 g/mol. The van der Waals surface area contributed by atoms with Crippen LogP contribution >= 0.6 is 0 Å². The molecule has 0 heterocycles. The number of aromatic hydroxyl groups is 1. The highest BCUT2D eigenvalue weighted by Gasteiger charge is 2.21. The minimum atomic E-state index is 0.322. The van der Waals surface area contributed by atoms with Crippen molar-refractivity contribution in [1.82, 2.24) is 0 Å². The Labute approximate surface area is 101 Å². The molecule has 0 amide bonds. The molecule has 0 bridgehead atoms. The maximum Gasteiger partial charge on any atom is 0.116 e. The van der Waals surface area contributed by atoms with E-state index in [-0.39, 0.29) is 0 Å². The smallest absolute Gasteiger partial charge is 0.116 e. The first kappa shape index (κ1) is 10.5. The van der Waals surface area contributed by atoms with E-state index in [0.717, 1.165) is 11.1 Å². The number of nitrogen functional groups attached to an aromatic ring is 1. The third-order valence-corrected chi connectivity index (χ3v) is 3.84. The Morgan fingerprint density at radius 2 is 1.76 bits per heavy atom. The minimum absolute atomic E-state index is 0.322. The molecule has 1 aliphatic carbocycles. The van der Waals surface area contributed by atoms with Gasteiger partial charge in [-0.25, -0.2) is 0 Å². The summed E-state index contributed by atoms with van der Waals surface area (Å²) < 4.78 is 0. The van der Waals surface area contributed by atoms with E-state index in [9.17, 15) is 5.11 Å². The highest BCUT2D eigenvalue weighted by atomic mass is 16.3. The lowest BCUT2D eigenvalue weighted by molar-refractivity contribution is 0.476. The topological polar surface area (TPSA) is 46.2 Å². The van der Waals surface area contributed by atoms with Gasteiger partial charge >= 0.3 is 0 Å². The number of hydrogen-bond acceptors (Lipinski definition) is 2. The quantitative estimate of drug-likeness (QED) is 0.728.